The smallest absolute Gasteiger partial charge is 0.0414 e. The highest BCUT2D eigenvalue weighted by Gasteiger charge is 2.07. The summed E-state index contributed by atoms with van der Waals surface area (Å²) in [4.78, 5) is 0. The highest BCUT2D eigenvalue weighted by atomic mass is 14.1. The zero-order chi connectivity index (χ0) is 15.6. The van der Waals surface area contributed by atoms with Crippen molar-refractivity contribution >= 4 is 0 Å². The van der Waals surface area contributed by atoms with Crippen molar-refractivity contribution in [2.24, 2.45) is 5.92 Å². The fraction of sp³-hybridized carbons (Fsp3) is 1.00. The van der Waals surface area contributed by atoms with Gasteiger partial charge in [-0.15, -0.1) is 0 Å². The molecule has 0 aromatic carbocycles. The van der Waals surface area contributed by atoms with Crippen LogP contribution in [0.1, 0.15) is 130 Å². The van der Waals surface area contributed by atoms with Crippen molar-refractivity contribution in [2.75, 3.05) is 0 Å². The molecule has 0 N–H and O–H groups in total. The Kier molecular flexibility index (Phi) is 18.1. The number of hydrogen-bond acceptors (Lipinski definition) is 0. The number of unbranched alkanes of at least 4 members (excludes halogenated alkanes) is 11. The summed E-state index contributed by atoms with van der Waals surface area (Å²) in [7, 11) is 0. The summed E-state index contributed by atoms with van der Waals surface area (Å²) in [5.74, 6) is 1.04. The molecule has 0 aliphatic heterocycles. The summed E-state index contributed by atoms with van der Waals surface area (Å²) in [6.07, 6.45) is 24.8. The van der Waals surface area contributed by atoms with Crippen LogP contribution in [0.25, 0.3) is 0 Å². The molecule has 21 heavy (non-hydrogen) atoms. The first-order valence-corrected chi connectivity index (χ1v) is 10.3. The maximum atomic E-state index is 2.36. The molecule has 0 rings (SSSR count). The molecule has 0 saturated heterocycles. The first-order valence-electron chi connectivity index (χ1n) is 10.3. The Morgan fingerprint density at radius 1 is 0.381 bits per heavy atom. The fourth-order valence-corrected chi connectivity index (χ4v) is 3.44. The summed E-state index contributed by atoms with van der Waals surface area (Å²) in [6, 6.07) is 0. The number of rotatable bonds is 17. The minimum absolute atomic E-state index is 1.04. The van der Waals surface area contributed by atoms with Gasteiger partial charge in [-0.1, -0.05) is 130 Å². The molecule has 0 radical (unpaired) electrons. The molecule has 128 valence electrons. The van der Waals surface area contributed by atoms with Gasteiger partial charge in [0.15, 0.2) is 0 Å². The molecular formula is C21H44. The summed E-state index contributed by atoms with van der Waals surface area (Å²) in [5, 5.41) is 0. The van der Waals surface area contributed by atoms with Crippen LogP contribution in [0.3, 0.4) is 0 Å². The van der Waals surface area contributed by atoms with E-state index in [4.69, 9.17) is 0 Å². The average molecular weight is 297 g/mol. The predicted molar refractivity (Wildman–Crippen MR) is 99.0 cm³/mol. The van der Waals surface area contributed by atoms with Gasteiger partial charge in [-0.25, -0.2) is 0 Å². The Morgan fingerprint density at radius 3 is 1.14 bits per heavy atom. The summed E-state index contributed by atoms with van der Waals surface area (Å²) in [5.41, 5.74) is 0. The van der Waals surface area contributed by atoms with E-state index in [1.807, 2.05) is 0 Å². The van der Waals surface area contributed by atoms with Gasteiger partial charge in [-0.05, 0) is 5.92 Å². The van der Waals surface area contributed by atoms with Crippen LogP contribution in [-0.4, -0.2) is 0 Å². The molecular weight excluding hydrogens is 252 g/mol. The van der Waals surface area contributed by atoms with Crippen LogP contribution in [0, 0.1) is 5.92 Å². The normalized spacial score (nSPS) is 12.7. The molecule has 0 nitrogen and oxygen atoms in total. The molecule has 0 aliphatic rings. The van der Waals surface area contributed by atoms with E-state index in [1.165, 1.54) is 109 Å². The Hall–Kier alpha value is 0. The minimum Gasteiger partial charge on any atom is -0.0654 e. The van der Waals surface area contributed by atoms with Crippen molar-refractivity contribution in [2.45, 2.75) is 130 Å². The van der Waals surface area contributed by atoms with Crippen molar-refractivity contribution in [3.8, 4) is 0 Å². The van der Waals surface area contributed by atoms with Crippen LogP contribution >= 0.6 is 0 Å². The third kappa shape index (κ3) is 16.2. The van der Waals surface area contributed by atoms with E-state index in [0.29, 0.717) is 0 Å². The molecule has 0 heterocycles. The van der Waals surface area contributed by atoms with E-state index in [-0.39, 0.29) is 0 Å². The van der Waals surface area contributed by atoms with Gasteiger partial charge >= 0.3 is 0 Å². The molecule has 0 fully saturated rings. The second kappa shape index (κ2) is 18.1. The first-order chi connectivity index (χ1) is 10.3. The van der Waals surface area contributed by atoms with Crippen molar-refractivity contribution in [3.63, 3.8) is 0 Å². The largest absolute Gasteiger partial charge is 0.0654 e. The first kappa shape index (κ1) is 21.0. The Morgan fingerprint density at radius 2 is 0.762 bits per heavy atom. The van der Waals surface area contributed by atoms with Crippen LogP contribution in [0.15, 0.2) is 0 Å². The fourth-order valence-electron chi connectivity index (χ4n) is 3.44. The lowest BCUT2D eigenvalue weighted by atomic mass is 9.90. The molecule has 1 unspecified atom stereocenters. The molecule has 0 aromatic rings. The minimum atomic E-state index is 1.04. The van der Waals surface area contributed by atoms with Gasteiger partial charge in [0, 0.05) is 0 Å². The van der Waals surface area contributed by atoms with E-state index in [1.54, 1.807) is 0 Å². The van der Waals surface area contributed by atoms with Crippen molar-refractivity contribution < 1.29 is 0 Å². The van der Waals surface area contributed by atoms with Gasteiger partial charge < -0.3 is 0 Å². The second-order valence-corrected chi connectivity index (χ2v) is 7.12. The van der Waals surface area contributed by atoms with E-state index < -0.39 is 0 Å². The molecule has 0 heteroatoms. The van der Waals surface area contributed by atoms with E-state index in [9.17, 15) is 0 Å². The van der Waals surface area contributed by atoms with Gasteiger partial charge in [0.2, 0.25) is 0 Å². The summed E-state index contributed by atoms with van der Waals surface area (Å²) >= 11 is 0. The maximum absolute atomic E-state index is 2.36. The molecule has 0 saturated carbocycles. The standard InChI is InChI=1S/C21H44/c1-4-7-9-11-12-13-15-17-20-21(18-6-3)19-16-14-10-8-5-2/h21H,4-20H2,1-3H3. The molecule has 0 amide bonds. The van der Waals surface area contributed by atoms with Crippen LogP contribution in [0.4, 0.5) is 0 Å². The van der Waals surface area contributed by atoms with Gasteiger partial charge in [0.05, 0.1) is 0 Å². The quantitative estimate of drug-likeness (QED) is 0.237. The molecule has 0 aliphatic carbocycles. The van der Waals surface area contributed by atoms with Gasteiger partial charge in [0.1, 0.15) is 0 Å². The zero-order valence-corrected chi connectivity index (χ0v) is 15.6. The van der Waals surface area contributed by atoms with Crippen LogP contribution in [-0.2, 0) is 0 Å². The van der Waals surface area contributed by atoms with E-state index in [0.717, 1.165) is 5.92 Å². The molecule has 0 spiro atoms. The topological polar surface area (TPSA) is 0 Å². The van der Waals surface area contributed by atoms with Crippen LogP contribution in [0.2, 0.25) is 0 Å². The monoisotopic (exact) mass is 296 g/mol. The third-order valence-corrected chi connectivity index (χ3v) is 4.88. The molecule has 1 atom stereocenters. The lowest BCUT2D eigenvalue weighted by molar-refractivity contribution is 0.377. The zero-order valence-electron chi connectivity index (χ0n) is 15.6. The molecule has 0 bridgehead atoms. The highest BCUT2D eigenvalue weighted by Crippen LogP contribution is 2.23. The Balaban J connectivity index is 3.42. The second-order valence-electron chi connectivity index (χ2n) is 7.12. The van der Waals surface area contributed by atoms with Crippen LogP contribution in [0.5, 0.6) is 0 Å². The van der Waals surface area contributed by atoms with Crippen molar-refractivity contribution in [1.29, 1.82) is 0 Å². The predicted octanol–water partition coefficient (Wildman–Crippen LogP) is 8.29. The summed E-state index contributed by atoms with van der Waals surface area (Å²) in [6.45, 7) is 6.97. The van der Waals surface area contributed by atoms with E-state index >= 15 is 0 Å². The van der Waals surface area contributed by atoms with Gasteiger partial charge in [-0.2, -0.15) is 0 Å². The Labute approximate surface area is 136 Å². The summed E-state index contributed by atoms with van der Waals surface area (Å²) < 4.78 is 0. The third-order valence-electron chi connectivity index (χ3n) is 4.88. The SMILES string of the molecule is CCCCCCCCCCC(CCC)CCCCCCC. The average Bonchev–Trinajstić information content (AvgIpc) is 2.49. The van der Waals surface area contributed by atoms with Gasteiger partial charge in [0.25, 0.3) is 0 Å². The van der Waals surface area contributed by atoms with E-state index in [2.05, 4.69) is 20.8 Å². The maximum Gasteiger partial charge on any atom is -0.0414 e. The lowest BCUT2D eigenvalue weighted by Crippen LogP contribution is -2.00. The van der Waals surface area contributed by atoms with Crippen molar-refractivity contribution in [3.05, 3.63) is 0 Å². The van der Waals surface area contributed by atoms with Crippen LogP contribution < -0.4 is 0 Å². The lowest BCUT2D eigenvalue weighted by Gasteiger charge is -2.16. The highest BCUT2D eigenvalue weighted by molar-refractivity contribution is 4.60. The van der Waals surface area contributed by atoms with Crippen molar-refractivity contribution in [1.82, 2.24) is 0 Å². The van der Waals surface area contributed by atoms with Gasteiger partial charge in [-0.3, -0.25) is 0 Å². The number of hydrogen-bond donors (Lipinski definition) is 0. The Bertz CT molecular complexity index is 173. The molecule has 0 aromatic heterocycles.